The molecule has 0 unspecified atom stereocenters. The van der Waals surface area contributed by atoms with Gasteiger partial charge in [0.25, 0.3) is 5.89 Å². The number of hydrogen-bond donors (Lipinski definition) is 1. The minimum atomic E-state index is -0.509. The number of nitrogens with zero attached hydrogens (tertiary/aromatic N) is 2. The van der Waals surface area contributed by atoms with E-state index in [-0.39, 0.29) is 0 Å². The summed E-state index contributed by atoms with van der Waals surface area (Å²) in [6.45, 7) is 1.27. The number of thiophene rings is 1. The molecule has 0 saturated carbocycles. The molecule has 0 amide bonds. The Morgan fingerprint density at radius 3 is 2.84 bits per heavy atom. The van der Waals surface area contributed by atoms with Crippen LogP contribution in [0.1, 0.15) is 18.7 Å². The Kier molecular flexibility index (Phi) is 3.26. The van der Waals surface area contributed by atoms with Crippen molar-refractivity contribution in [2.24, 2.45) is 0 Å². The molecule has 3 heterocycles. The lowest BCUT2D eigenvalue weighted by atomic mass is 9.93. The molecular weight excluding hydrogens is 266 g/mol. The SMILES string of the molecule is COC1(c2noc(-c3ccsc3N)n2)CCOCC1. The molecular formula is C12H15N3O3S. The predicted molar refractivity (Wildman–Crippen MR) is 70.8 cm³/mol. The van der Waals surface area contributed by atoms with Gasteiger partial charge in [-0.15, -0.1) is 11.3 Å². The topological polar surface area (TPSA) is 83.4 Å². The molecule has 7 heteroatoms. The molecule has 3 rings (SSSR count). The minimum Gasteiger partial charge on any atom is -0.390 e. The smallest absolute Gasteiger partial charge is 0.261 e. The molecule has 2 N–H and O–H groups in total. The molecule has 0 atom stereocenters. The second-order valence-corrected chi connectivity index (χ2v) is 5.38. The van der Waals surface area contributed by atoms with Crippen LogP contribution in [-0.2, 0) is 15.1 Å². The Morgan fingerprint density at radius 2 is 2.21 bits per heavy atom. The summed E-state index contributed by atoms with van der Waals surface area (Å²) in [7, 11) is 1.67. The maximum Gasteiger partial charge on any atom is 0.261 e. The summed E-state index contributed by atoms with van der Waals surface area (Å²) >= 11 is 1.45. The lowest BCUT2D eigenvalue weighted by Crippen LogP contribution is -2.36. The van der Waals surface area contributed by atoms with E-state index >= 15 is 0 Å². The number of methoxy groups -OCH3 is 1. The molecule has 1 aliphatic heterocycles. The van der Waals surface area contributed by atoms with Crippen molar-refractivity contribution in [2.75, 3.05) is 26.1 Å². The van der Waals surface area contributed by atoms with E-state index in [9.17, 15) is 0 Å². The molecule has 102 valence electrons. The summed E-state index contributed by atoms with van der Waals surface area (Å²) in [4.78, 5) is 4.45. The van der Waals surface area contributed by atoms with Gasteiger partial charge in [-0.05, 0) is 11.4 Å². The third kappa shape index (κ3) is 2.13. The summed E-state index contributed by atoms with van der Waals surface area (Å²) in [5.74, 6) is 1.01. The zero-order chi connectivity index (χ0) is 13.3. The summed E-state index contributed by atoms with van der Waals surface area (Å²) in [5, 5.41) is 6.63. The van der Waals surface area contributed by atoms with Crippen LogP contribution in [0.2, 0.25) is 0 Å². The van der Waals surface area contributed by atoms with Crippen molar-refractivity contribution in [2.45, 2.75) is 18.4 Å². The van der Waals surface area contributed by atoms with Gasteiger partial charge in [-0.25, -0.2) is 0 Å². The maximum absolute atomic E-state index is 5.87. The first kappa shape index (κ1) is 12.6. The van der Waals surface area contributed by atoms with E-state index < -0.39 is 5.60 Å². The van der Waals surface area contributed by atoms with E-state index in [0.717, 1.165) is 18.4 Å². The first-order chi connectivity index (χ1) is 9.25. The quantitative estimate of drug-likeness (QED) is 0.926. The Labute approximate surface area is 114 Å². The number of nitrogens with two attached hydrogens (primary N) is 1. The molecule has 0 aromatic carbocycles. The lowest BCUT2D eigenvalue weighted by Gasteiger charge is -2.32. The summed E-state index contributed by atoms with van der Waals surface area (Å²) in [5.41, 5.74) is 6.14. The lowest BCUT2D eigenvalue weighted by molar-refractivity contribution is -0.101. The fourth-order valence-electron chi connectivity index (χ4n) is 2.24. The van der Waals surface area contributed by atoms with Crippen LogP contribution < -0.4 is 5.73 Å². The highest BCUT2D eigenvalue weighted by Crippen LogP contribution is 2.36. The van der Waals surface area contributed by atoms with Crippen LogP contribution in [0.3, 0.4) is 0 Å². The zero-order valence-corrected chi connectivity index (χ0v) is 11.4. The third-order valence-electron chi connectivity index (χ3n) is 3.45. The van der Waals surface area contributed by atoms with E-state index in [0.29, 0.717) is 29.9 Å². The van der Waals surface area contributed by atoms with Crippen molar-refractivity contribution in [1.82, 2.24) is 10.1 Å². The highest BCUT2D eigenvalue weighted by Gasteiger charge is 2.39. The average Bonchev–Trinajstić information content (AvgIpc) is 3.08. The largest absolute Gasteiger partial charge is 0.390 e. The standard InChI is InChI=1S/C12H15N3O3S/c1-16-12(3-5-17-6-4-12)11-14-10(18-15-11)8-2-7-19-9(8)13/h2,7H,3-6,13H2,1H3. The molecule has 19 heavy (non-hydrogen) atoms. The molecule has 2 aromatic heterocycles. The number of ether oxygens (including phenoxy) is 2. The van der Waals surface area contributed by atoms with Gasteiger partial charge in [0.05, 0.1) is 10.6 Å². The van der Waals surface area contributed by atoms with Crippen LogP contribution in [0.5, 0.6) is 0 Å². The number of hydrogen-bond acceptors (Lipinski definition) is 7. The highest BCUT2D eigenvalue weighted by atomic mass is 32.1. The van der Waals surface area contributed by atoms with Crippen molar-refractivity contribution in [3.8, 4) is 11.5 Å². The van der Waals surface area contributed by atoms with E-state index in [1.165, 1.54) is 11.3 Å². The van der Waals surface area contributed by atoms with Crippen LogP contribution in [0.25, 0.3) is 11.5 Å². The van der Waals surface area contributed by atoms with E-state index in [1.54, 1.807) is 7.11 Å². The monoisotopic (exact) mass is 281 g/mol. The fourth-order valence-corrected chi connectivity index (χ4v) is 2.87. The van der Waals surface area contributed by atoms with Crippen LogP contribution in [0.4, 0.5) is 5.00 Å². The van der Waals surface area contributed by atoms with Crippen LogP contribution in [0, 0.1) is 0 Å². The molecule has 0 bridgehead atoms. The van der Waals surface area contributed by atoms with Crippen molar-refractivity contribution in [3.05, 3.63) is 17.3 Å². The molecule has 0 spiro atoms. The molecule has 0 aliphatic carbocycles. The predicted octanol–water partition coefficient (Wildman–Crippen LogP) is 2.03. The first-order valence-corrected chi connectivity index (χ1v) is 6.93. The molecule has 1 saturated heterocycles. The van der Waals surface area contributed by atoms with Crippen molar-refractivity contribution < 1.29 is 14.0 Å². The number of aromatic nitrogens is 2. The van der Waals surface area contributed by atoms with Gasteiger partial charge < -0.3 is 19.7 Å². The summed E-state index contributed by atoms with van der Waals surface area (Å²) < 4.78 is 16.3. The normalized spacial score (nSPS) is 18.6. The fraction of sp³-hybridized carbons (Fsp3) is 0.500. The van der Waals surface area contributed by atoms with Gasteiger partial charge in [0.1, 0.15) is 5.60 Å². The molecule has 1 aliphatic rings. The summed E-state index contributed by atoms with van der Waals surface area (Å²) in [6, 6.07) is 1.88. The highest BCUT2D eigenvalue weighted by molar-refractivity contribution is 7.14. The second kappa shape index (κ2) is 4.92. The number of nitrogen functional groups attached to an aromatic ring is 1. The average molecular weight is 281 g/mol. The van der Waals surface area contributed by atoms with E-state index in [1.807, 2.05) is 11.4 Å². The van der Waals surface area contributed by atoms with Crippen LogP contribution in [0.15, 0.2) is 16.0 Å². The first-order valence-electron chi connectivity index (χ1n) is 6.05. The number of rotatable bonds is 3. The van der Waals surface area contributed by atoms with Crippen LogP contribution >= 0.6 is 11.3 Å². The maximum atomic E-state index is 5.87. The van der Waals surface area contributed by atoms with E-state index in [4.69, 9.17) is 19.7 Å². The van der Waals surface area contributed by atoms with Crippen molar-refractivity contribution in [1.29, 1.82) is 0 Å². The number of anilines is 1. The Hall–Kier alpha value is -1.44. The van der Waals surface area contributed by atoms with Gasteiger partial charge in [-0.3, -0.25) is 0 Å². The molecule has 1 fully saturated rings. The molecule has 6 nitrogen and oxygen atoms in total. The zero-order valence-electron chi connectivity index (χ0n) is 10.6. The summed E-state index contributed by atoms with van der Waals surface area (Å²) in [6.07, 6.45) is 1.45. The third-order valence-corrected chi connectivity index (χ3v) is 4.20. The van der Waals surface area contributed by atoms with Gasteiger partial charge in [0.15, 0.2) is 0 Å². The Morgan fingerprint density at radius 1 is 1.42 bits per heavy atom. The van der Waals surface area contributed by atoms with Gasteiger partial charge in [0.2, 0.25) is 5.82 Å². The molecule has 0 radical (unpaired) electrons. The van der Waals surface area contributed by atoms with Gasteiger partial charge in [-0.1, -0.05) is 5.16 Å². The van der Waals surface area contributed by atoms with Gasteiger partial charge >= 0.3 is 0 Å². The van der Waals surface area contributed by atoms with Gasteiger partial charge in [-0.2, -0.15) is 4.98 Å². The Balaban J connectivity index is 1.94. The van der Waals surface area contributed by atoms with Crippen LogP contribution in [-0.4, -0.2) is 30.5 Å². The van der Waals surface area contributed by atoms with Gasteiger partial charge in [0, 0.05) is 33.2 Å². The van der Waals surface area contributed by atoms with E-state index in [2.05, 4.69) is 10.1 Å². The Bertz CT molecular complexity index is 560. The van der Waals surface area contributed by atoms with Crippen molar-refractivity contribution >= 4 is 16.3 Å². The van der Waals surface area contributed by atoms with Crippen molar-refractivity contribution in [3.63, 3.8) is 0 Å². The second-order valence-electron chi connectivity index (χ2n) is 4.43. The minimum absolute atomic E-state index is 0.441. The molecule has 2 aromatic rings.